The Morgan fingerprint density at radius 3 is 1.68 bits per heavy atom. The lowest BCUT2D eigenvalue weighted by molar-refractivity contribution is 0.0919. The van der Waals surface area contributed by atoms with Crippen molar-refractivity contribution in [3.05, 3.63) is 64.2 Å². The van der Waals surface area contributed by atoms with Gasteiger partial charge in [0.2, 0.25) is 0 Å². The van der Waals surface area contributed by atoms with Crippen LogP contribution in [0.5, 0.6) is 5.75 Å². The summed E-state index contributed by atoms with van der Waals surface area (Å²) in [6, 6.07) is 13.7. The Labute approximate surface area is 171 Å². The zero-order chi connectivity index (χ0) is 21.0. The molecule has 0 spiro atoms. The lowest BCUT2D eigenvalue weighted by Crippen LogP contribution is -2.15. The van der Waals surface area contributed by atoms with Gasteiger partial charge in [0.05, 0.1) is 0 Å². The van der Waals surface area contributed by atoms with Crippen molar-refractivity contribution >= 4 is 5.78 Å². The largest absolute Gasteiger partial charge is 0.485 e. The van der Waals surface area contributed by atoms with Gasteiger partial charge in [0, 0.05) is 5.56 Å². The molecule has 0 aliphatic heterocycles. The van der Waals surface area contributed by atoms with E-state index in [1.165, 1.54) is 0 Å². The van der Waals surface area contributed by atoms with Gasteiger partial charge in [0.1, 0.15) is 5.75 Å². The quantitative estimate of drug-likeness (QED) is 0.452. The highest BCUT2D eigenvalue weighted by atomic mass is 16.5. The molecular weight excluding hydrogens is 344 g/mol. The Balaban J connectivity index is 2.32. The highest BCUT2D eigenvalue weighted by molar-refractivity contribution is 5.97. The Kier molecular flexibility index (Phi) is 7.46. The third kappa shape index (κ3) is 5.25. The number of rotatable bonds is 8. The fraction of sp³-hybridized carbons (Fsp3) is 0.500. The first-order valence-corrected chi connectivity index (χ1v) is 10.5. The fourth-order valence-electron chi connectivity index (χ4n) is 3.27. The molecule has 0 atom stereocenters. The molecule has 0 aliphatic carbocycles. The molecule has 2 aromatic rings. The van der Waals surface area contributed by atoms with Crippen LogP contribution >= 0.6 is 0 Å². The van der Waals surface area contributed by atoms with E-state index in [9.17, 15) is 4.79 Å². The van der Waals surface area contributed by atoms with Gasteiger partial charge in [-0.15, -0.1) is 0 Å². The van der Waals surface area contributed by atoms with E-state index in [4.69, 9.17) is 4.74 Å². The second kappa shape index (κ2) is 9.41. The van der Waals surface area contributed by atoms with Crippen molar-refractivity contribution in [2.75, 3.05) is 6.61 Å². The predicted octanol–water partition coefficient (Wildman–Crippen LogP) is 7.24. The number of ketones is 1. The normalized spacial score (nSPS) is 11.7. The van der Waals surface area contributed by atoms with E-state index >= 15 is 0 Å². The Bertz CT molecular complexity index is 761. The standard InChI is InChI=1S/C26H35O2/c1-16(2)20-12-21(17(3)4)14-22(13-20)25(27)15-28-26-23(18(5)6)10-9-11-24(26)19(7)8/h9-11,13-14,16-19H,15H2,1-8H3. The summed E-state index contributed by atoms with van der Waals surface area (Å²) in [5, 5.41) is 0. The van der Waals surface area contributed by atoms with Crippen molar-refractivity contribution in [1.29, 1.82) is 0 Å². The third-order valence-corrected chi connectivity index (χ3v) is 5.14. The van der Waals surface area contributed by atoms with Gasteiger partial charge in [-0.1, -0.05) is 73.6 Å². The molecule has 1 radical (unpaired) electrons. The van der Waals surface area contributed by atoms with E-state index in [-0.39, 0.29) is 12.4 Å². The van der Waals surface area contributed by atoms with Crippen LogP contribution < -0.4 is 4.74 Å². The molecule has 0 saturated heterocycles. The lowest BCUT2D eigenvalue weighted by Gasteiger charge is -2.20. The first-order chi connectivity index (χ1) is 13.1. The van der Waals surface area contributed by atoms with Crippen LogP contribution in [0.15, 0.2) is 30.3 Å². The van der Waals surface area contributed by atoms with Crippen LogP contribution in [0.25, 0.3) is 0 Å². The molecule has 0 aliphatic rings. The molecule has 2 heteroatoms. The summed E-state index contributed by atoms with van der Waals surface area (Å²) in [5.74, 6) is 2.24. The van der Waals surface area contributed by atoms with E-state index < -0.39 is 0 Å². The number of hydrogen-bond acceptors (Lipinski definition) is 2. The number of carbonyl (C=O) groups is 1. The fourth-order valence-corrected chi connectivity index (χ4v) is 3.27. The van der Waals surface area contributed by atoms with Crippen LogP contribution in [-0.2, 0) is 0 Å². The predicted molar refractivity (Wildman–Crippen MR) is 118 cm³/mol. The number of hydrogen-bond donors (Lipinski definition) is 0. The molecule has 28 heavy (non-hydrogen) atoms. The van der Waals surface area contributed by atoms with Crippen molar-refractivity contribution in [3.63, 3.8) is 0 Å². The van der Waals surface area contributed by atoms with Crippen LogP contribution in [0.3, 0.4) is 0 Å². The van der Waals surface area contributed by atoms with Crippen LogP contribution in [0, 0.1) is 6.07 Å². The van der Waals surface area contributed by atoms with Crippen LogP contribution in [0.2, 0.25) is 0 Å². The van der Waals surface area contributed by atoms with Crippen molar-refractivity contribution in [3.8, 4) is 5.75 Å². The molecule has 0 amide bonds. The van der Waals surface area contributed by atoms with E-state index in [0.717, 1.165) is 33.6 Å². The minimum atomic E-state index is 0.0195. The molecule has 0 aromatic heterocycles. The van der Waals surface area contributed by atoms with Gasteiger partial charge in [-0.2, -0.15) is 0 Å². The van der Waals surface area contributed by atoms with Crippen molar-refractivity contribution in [2.24, 2.45) is 0 Å². The van der Waals surface area contributed by atoms with Gasteiger partial charge in [-0.05, 0) is 64.1 Å². The summed E-state index contributed by atoms with van der Waals surface area (Å²) in [4.78, 5) is 13.0. The topological polar surface area (TPSA) is 26.3 Å². The summed E-state index contributed by atoms with van der Waals surface area (Å²) in [5.41, 5.74) is 5.21. The summed E-state index contributed by atoms with van der Waals surface area (Å²) in [7, 11) is 0. The average molecular weight is 380 g/mol. The zero-order valence-electron chi connectivity index (χ0n) is 18.7. The second-order valence-corrected chi connectivity index (χ2v) is 8.88. The maximum Gasteiger partial charge on any atom is 0.200 e. The van der Waals surface area contributed by atoms with Gasteiger partial charge < -0.3 is 4.74 Å². The first-order valence-electron chi connectivity index (χ1n) is 10.5. The second-order valence-electron chi connectivity index (χ2n) is 8.88. The van der Waals surface area contributed by atoms with E-state index in [1.54, 1.807) is 0 Å². The molecule has 151 valence electrons. The Morgan fingerprint density at radius 1 is 0.821 bits per heavy atom. The summed E-state index contributed by atoms with van der Waals surface area (Å²) in [6.07, 6.45) is 0. The molecule has 0 N–H and O–H groups in total. The number of ether oxygens (including phenoxy) is 1. The molecule has 0 fully saturated rings. The maximum absolute atomic E-state index is 13.0. The summed E-state index contributed by atoms with van der Waals surface area (Å²) in [6.45, 7) is 17.2. The number of Topliss-reactive ketones (excluding diaryl/α,β-unsaturated/α-hetero) is 1. The number of benzene rings is 2. The van der Waals surface area contributed by atoms with Crippen molar-refractivity contribution < 1.29 is 9.53 Å². The van der Waals surface area contributed by atoms with Crippen LogP contribution in [0.4, 0.5) is 0 Å². The van der Waals surface area contributed by atoms with Crippen LogP contribution in [0.1, 0.15) is 112 Å². The number of para-hydroxylation sites is 1. The molecule has 0 bridgehead atoms. The van der Waals surface area contributed by atoms with Gasteiger partial charge in [0.15, 0.2) is 12.4 Å². The minimum Gasteiger partial charge on any atom is -0.485 e. The molecular formula is C26H35O2. The van der Waals surface area contributed by atoms with Gasteiger partial charge in [-0.25, -0.2) is 0 Å². The highest BCUT2D eigenvalue weighted by Crippen LogP contribution is 2.34. The monoisotopic (exact) mass is 379 g/mol. The smallest absolute Gasteiger partial charge is 0.200 e. The molecule has 2 rings (SSSR count). The van der Waals surface area contributed by atoms with E-state index in [2.05, 4.69) is 79.7 Å². The van der Waals surface area contributed by atoms with Crippen molar-refractivity contribution in [2.45, 2.75) is 79.1 Å². The first kappa shape index (κ1) is 22.2. The molecule has 0 saturated carbocycles. The SMILES string of the molecule is CC(C)c1[c]c(C(C)C)cc(C(=O)COc2c(C(C)C)cccc2C(C)C)c1. The van der Waals surface area contributed by atoms with Gasteiger partial charge in [0.25, 0.3) is 0 Å². The summed E-state index contributed by atoms with van der Waals surface area (Å²) < 4.78 is 6.15. The minimum absolute atomic E-state index is 0.0195. The molecule has 2 aromatic carbocycles. The Morgan fingerprint density at radius 2 is 1.29 bits per heavy atom. The molecule has 2 nitrogen and oxygen atoms in total. The van der Waals surface area contributed by atoms with Gasteiger partial charge in [-0.3, -0.25) is 4.79 Å². The van der Waals surface area contributed by atoms with Crippen molar-refractivity contribution in [1.82, 2.24) is 0 Å². The van der Waals surface area contributed by atoms with Crippen LogP contribution in [-0.4, -0.2) is 12.4 Å². The third-order valence-electron chi connectivity index (χ3n) is 5.14. The van der Waals surface area contributed by atoms with Gasteiger partial charge >= 0.3 is 0 Å². The Hall–Kier alpha value is -2.09. The van der Waals surface area contributed by atoms with E-state index in [1.807, 2.05) is 12.1 Å². The summed E-state index contributed by atoms with van der Waals surface area (Å²) >= 11 is 0. The zero-order valence-corrected chi connectivity index (χ0v) is 18.7. The lowest BCUT2D eigenvalue weighted by atomic mass is 9.92. The molecule has 0 unspecified atom stereocenters. The highest BCUT2D eigenvalue weighted by Gasteiger charge is 2.18. The number of carbonyl (C=O) groups excluding carboxylic acids is 1. The maximum atomic E-state index is 13.0. The van der Waals surface area contributed by atoms with E-state index in [0.29, 0.717) is 23.7 Å². The molecule has 0 heterocycles. The average Bonchev–Trinajstić information content (AvgIpc) is 2.64.